The number of unbranched alkanes of at least 4 members (excludes halogenated alkanes) is 1. The molecule has 8 nitrogen and oxygen atoms in total. The summed E-state index contributed by atoms with van der Waals surface area (Å²) in [7, 11) is 0. The van der Waals surface area contributed by atoms with Crippen LogP contribution in [0.5, 0.6) is 0 Å². The van der Waals surface area contributed by atoms with Crippen molar-refractivity contribution < 1.29 is 4.79 Å². The van der Waals surface area contributed by atoms with Gasteiger partial charge in [0.2, 0.25) is 5.95 Å². The summed E-state index contributed by atoms with van der Waals surface area (Å²) < 4.78 is 0. The lowest BCUT2D eigenvalue weighted by Gasteiger charge is -2.30. The number of aromatic nitrogens is 4. The Hall–Kier alpha value is -4.99. The monoisotopic (exact) mass is 783 g/mol. The van der Waals surface area contributed by atoms with Gasteiger partial charge in [0, 0.05) is 90.8 Å². The van der Waals surface area contributed by atoms with Crippen molar-refractivity contribution in [1.82, 2.24) is 29.7 Å². The second kappa shape index (κ2) is 18.8. The molecular weight excluding hydrogens is 737 g/mol. The molecule has 4 heterocycles. The number of nitrogens with two attached hydrogens (primary N) is 1. The maximum atomic E-state index is 12.4. The summed E-state index contributed by atoms with van der Waals surface area (Å²) >= 11 is 13.0. The summed E-state index contributed by atoms with van der Waals surface area (Å²) in [4.78, 5) is 35.9. The summed E-state index contributed by atoms with van der Waals surface area (Å²) in [5.41, 5.74) is 16.4. The van der Waals surface area contributed by atoms with Crippen LogP contribution in [0.1, 0.15) is 65.7 Å². The first-order valence-corrected chi connectivity index (χ1v) is 20.2. The number of nitrogen functional groups attached to an aromatic ring is 1. The van der Waals surface area contributed by atoms with E-state index >= 15 is 0 Å². The third-order valence-electron chi connectivity index (χ3n) is 10.3. The highest BCUT2D eigenvalue weighted by Gasteiger charge is 2.26. The summed E-state index contributed by atoms with van der Waals surface area (Å²) in [6.07, 6.45) is 4.51. The molecule has 0 bridgehead atoms. The summed E-state index contributed by atoms with van der Waals surface area (Å²) in [6, 6.07) is 36.6. The van der Waals surface area contributed by atoms with E-state index in [-0.39, 0.29) is 5.78 Å². The Morgan fingerprint density at radius 1 is 0.643 bits per heavy atom. The molecule has 10 heteroatoms. The van der Waals surface area contributed by atoms with E-state index in [1.54, 1.807) is 0 Å². The normalized spacial score (nSPS) is 14.0. The van der Waals surface area contributed by atoms with Crippen LogP contribution in [0.25, 0.3) is 22.5 Å². The van der Waals surface area contributed by atoms with Gasteiger partial charge in [0.1, 0.15) is 11.6 Å². The van der Waals surface area contributed by atoms with Crippen LogP contribution in [0.15, 0.2) is 109 Å². The molecule has 0 radical (unpaired) electrons. The summed E-state index contributed by atoms with van der Waals surface area (Å²) in [5, 5.41) is 1.36. The van der Waals surface area contributed by atoms with Crippen LogP contribution >= 0.6 is 23.2 Å². The van der Waals surface area contributed by atoms with Gasteiger partial charge < -0.3 is 5.73 Å². The van der Waals surface area contributed by atoms with E-state index in [2.05, 4.69) is 75.2 Å². The number of hydrogen-bond donors (Lipinski definition) is 1. The van der Waals surface area contributed by atoms with Crippen LogP contribution in [0, 0.1) is 0 Å². The molecule has 2 aliphatic heterocycles. The zero-order chi connectivity index (χ0) is 38.9. The van der Waals surface area contributed by atoms with E-state index in [9.17, 15) is 4.79 Å². The van der Waals surface area contributed by atoms with Crippen molar-refractivity contribution in [1.29, 1.82) is 0 Å². The predicted octanol–water partition coefficient (Wildman–Crippen LogP) is 9.59. The molecule has 286 valence electrons. The molecule has 2 N–H and O–H groups in total. The zero-order valence-corrected chi connectivity index (χ0v) is 33.3. The Balaban J connectivity index is 0.000000175. The molecule has 8 rings (SSSR count). The highest BCUT2D eigenvalue weighted by molar-refractivity contribution is 6.33. The lowest BCUT2D eigenvalue weighted by molar-refractivity contribution is -0.118. The van der Waals surface area contributed by atoms with Gasteiger partial charge in [0.25, 0.3) is 0 Å². The Morgan fingerprint density at radius 2 is 1.12 bits per heavy atom. The van der Waals surface area contributed by atoms with E-state index in [4.69, 9.17) is 38.9 Å². The number of rotatable bonds is 11. The molecule has 2 aliphatic rings. The Labute approximate surface area is 339 Å². The summed E-state index contributed by atoms with van der Waals surface area (Å²) in [6.45, 7) is 7.36. The minimum atomic E-state index is 0.202. The number of carbonyl (C=O) groups is 1. The molecule has 0 aliphatic carbocycles. The lowest BCUT2D eigenvalue weighted by Crippen LogP contribution is -2.32. The van der Waals surface area contributed by atoms with E-state index in [0.29, 0.717) is 34.7 Å². The number of benzene rings is 4. The third-order valence-corrected chi connectivity index (χ3v) is 10.9. The van der Waals surface area contributed by atoms with Gasteiger partial charge in [-0.3, -0.25) is 14.6 Å². The molecule has 0 spiro atoms. The first kappa shape index (κ1) is 39.3. The predicted molar refractivity (Wildman–Crippen MR) is 226 cm³/mol. The van der Waals surface area contributed by atoms with Gasteiger partial charge in [-0.2, -0.15) is 0 Å². The van der Waals surface area contributed by atoms with Crippen LogP contribution in [0.4, 0.5) is 5.95 Å². The molecule has 6 aromatic rings. The standard InChI is InChI=1S/C26H28ClN3O.C20H19ClN4/c1-2-3-11-20(31)16-25-28-24-14-15-30(17-19-9-5-4-6-10-19)18-22(24)26(29-25)21-12-7-8-13-23(21)27;21-17-9-5-4-8-15(17)19-16-13-25(12-14-6-2-1-3-7-14)11-10-18(16)23-20(22)24-19/h4-10,12-13H,2-3,11,14-18H2,1H3;1-9H,10-13H2,(H2,22,23,24). The highest BCUT2D eigenvalue weighted by atomic mass is 35.5. The average Bonchev–Trinajstić information content (AvgIpc) is 3.21. The number of halogens is 2. The van der Waals surface area contributed by atoms with Crippen LogP contribution in [0.2, 0.25) is 10.0 Å². The van der Waals surface area contributed by atoms with Gasteiger partial charge in [-0.15, -0.1) is 0 Å². The van der Waals surface area contributed by atoms with Crippen LogP contribution in [-0.2, 0) is 50.2 Å². The number of fused-ring (bicyclic) bond motifs is 2. The molecular formula is C46H47Cl2N7O. The van der Waals surface area contributed by atoms with Gasteiger partial charge in [-0.1, -0.05) is 134 Å². The Morgan fingerprint density at radius 3 is 1.64 bits per heavy atom. The van der Waals surface area contributed by atoms with Crippen molar-refractivity contribution in [2.24, 2.45) is 0 Å². The quantitative estimate of drug-likeness (QED) is 0.139. The molecule has 0 saturated heterocycles. The molecule has 0 fully saturated rings. The SMILES string of the molecule is CCCCC(=O)Cc1nc2c(c(-c3ccccc3Cl)n1)CN(Cc1ccccc1)CC2.Nc1nc2c(c(-c3ccccc3Cl)n1)CN(Cc1ccccc1)CC2. The van der Waals surface area contributed by atoms with Crippen molar-refractivity contribution >= 4 is 34.9 Å². The minimum Gasteiger partial charge on any atom is -0.368 e. The molecule has 56 heavy (non-hydrogen) atoms. The topological polar surface area (TPSA) is 101 Å². The van der Waals surface area contributed by atoms with Crippen LogP contribution < -0.4 is 5.73 Å². The van der Waals surface area contributed by atoms with Gasteiger partial charge in [0.05, 0.1) is 29.2 Å². The Kier molecular flexibility index (Phi) is 13.2. The molecule has 0 saturated carbocycles. The fourth-order valence-corrected chi connectivity index (χ4v) is 7.88. The number of ketones is 1. The molecule has 2 aromatic heterocycles. The van der Waals surface area contributed by atoms with E-state index in [1.807, 2.05) is 60.7 Å². The number of carbonyl (C=O) groups excluding carboxylic acids is 1. The van der Waals surface area contributed by atoms with Crippen molar-refractivity contribution in [3.63, 3.8) is 0 Å². The van der Waals surface area contributed by atoms with E-state index in [1.165, 1.54) is 11.1 Å². The highest BCUT2D eigenvalue weighted by Crippen LogP contribution is 2.35. The summed E-state index contributed by atoms with van der Waals surface area (Å²) in [5.74, 6) is 1.13. The average molecular weight is 785 g/mol. The fraction of sp³-hybridized carbons (Fsp3) is 0.283. The lowest BCUT2D eigenvalue weighted by atomic mass is 9.98. The number of hydrogen-bond acceptors (Lipinski definition) is 8. The fourth-order valence-electron chi connectivity index (χ4n) is 7.43. The Bertz CT molecular complexity index is 2270. The number of anilines is 1. The van der Waals surface area contributed by atoms with Crippen molar-refractivity contribution in [3.05, 3.63) is 159 Å². The molecule has 0 unspecified atom stereocenters. The first-order valence-electron chi connectivity index (χ1n) is 19.4. The molecule has 4 aromatic carbocycles. The third kappa shape index (κ3) is 9.87. The van der Waals surface area contributed by atoms with E-state index < -0.39 is 0 Å². The van der Waals surface area contributed by atoms with Gasteiger partial charge in [-0.25, -0.2) is 19.9 Å². The van der Waals surface area contributed by atoms with Crippen molar-refractivity contribution in [2.45, 2.75) is 71.6 Å². The van der Waals surface area contributed by atoms with Crippen molar-refractivity contribution in [2.75, 3.05) is 18.8 Å². The first-order chi connectivity index (χ1) is 27.3. The van der Waals surface area contributed by atoms with E-state index in [0.717, 1.165) is 110 Å². The van der Waals surface area contributed by atoms with Crippen molar-refractivity contribution in [3.8, 4) is 22.5 Å². The maximum absolute atomic E-state index is 12.4. The molecule has 0 amide bonds. The van der Waals surface area contributed by atoms with Crippen LogP contribution in [0.3, 0.4) is 0 Å². The second-order valence-corrected chi connectivity index (χ2v) is 15.3. The van der Waals surface area contributed by atoms with Gasteiger partial charge in [-0.05, 0) is 29.7 Å². The smallest absolute Gasteiger partial charge is 0.220 e. The second-order valence-electron chi connectivity index (χ2n) is 14.4. The minimum absolute atomic E-state index is 0.202. The van der Waals surface area contributed by atoms with Crippen LogP contribution in [-0.4, -0.2) is 48.6 Å². The van der Waals surface area contributed by atoms with Gasteiger partial charge in [0.15, 0.2) is 0 Å². The number of nitrogens with zero attached hydrogens (tertiary/aromatic N) is 6. The zero-order valence-electron chi connectivity index (χ0n) is 31.8. The molecule has 0 atom stereocenters. The maximum Gasteiger partial charge on any atom is 0.220 e. The van der Waals surface area contributed by atoms with Gasteiger partial charge >= 0.3 is 0 Å². The largest absolute Gasteiger partial charge is 0.368 e. The number of Topliss-reactive ketones (excluding diaryl/α,β-unsaturated/α-hetero) is 1.